The van der Waals surface area contributed by atoms with Crippen molar-refractivity contribution >= 4 is 10.8 Å². The molecule has 0 heterocycles. The van der Waals surface area contributed by atoms with Gasteiger partial charge in [0.2, 0.25) is 0 Å². The van der Waals surface area contributed by atoms with Crippen LogP contribution in [0.4, 0.5) is 0 Å². The molecule has 0 saturated carbocycles. The van der Waals surface area contributed by atoms with Gasteiger partial charge in [-0.15, -0.1) is 0 Å². The Morgan fingerprint density at radius 2 is 1.70 bits per heavy atom. The monoisotopic (exact) mass is 259 g/mol. The van der Waals surface area contributed by atoms with Crippen LogP contribution in [0.15, 0.2) is 66.7 Å². The zero-order valence-electron chi connectivity index (χ0n) is 10.9. The summed E-state index contributed by atoms with van der Waals surface area (Å²) in [5.41, 5.74) is 1.73. The minimum atomic E-state index is 0.500. The van der Waals surface area contributed by atoms with E-state index in [1.807, 2.05) is 24.3 Å². The third kappa shape index (κ3) is 2.62. The summed E-state index contributed by atoms with van der Waals surface area (Å²) < 4.78 is 5.73. The summed E-state index contributed by atoms with van der Waals surface area (Å²) in [4.78, 5) is 0. The fourth-order valence-electron chi connectivity index (χ4n) is 2.15. The largest absolute Gasteiger partial charge is 0.489 e. The van der Waals surface area contributed by atoms with Crippen molar-refractivity contribution in [1.82, 2.24) is 0 Å². The number of hydrogen-bond donors (Lipinski definition) is 0. The maximum Gasteiger partial charge on any atom is 0.121 e. The van der Waals surface area contributed by atoms with Crippen molar-refractivity contribution in [2.75, 3.05) is 0 Å². The molecular formula is C18H13NO. The maximum absolute atomic E-state index is 8.86. The zero-order chi connectivity index (χ0) is 13.8. The lowest BCUT2D eigenvalue weighted by atomic mass is 10.1. The summed E-state index contributed by atoms with van der Waals surface area (Å²) in [6.45, 7) is 0.500. The highest BCUT2D eigenvalue weighted by Gasteiger charge is 1.99. The number of nitriles is 1. The molecule has 0 amide bonds. The summed E-state index contributed by atoms with van der Waals surface area (Å²) in [5.74, 6) is 0.720. The number of rotatable bonds is 3. The Balaban J connectivity index is 1.78. The summed E-state index contributed by atoms with van der Waals surface area (Å²) in [5, 5.41) is 11.3. The van der Waals surface area contributed by atoms with E-state index in [1.165, 1.54) is 10.8 Å². The number of hydrogen-bond acceptors (Lipinski definition) is 2. The van der Waals surface area contributed by atoms with Crippen LogP contribution < -0.4 is 4.74 Å². The average molecular weight is 259 g/mol. The molecule has 20 heavy (non-hydrogen) atoms. The van der Waals surface area contributed by atoms with E-state index in [2.05, 4.69) is 36.4 Å². The van der Waals surface area contributed by atoms with E-state index in [-0.39, 0.29) is 0 Å². The van der Waals surface area contributed by atoms with Crippen LogP contribution >= 0.6 is 0 Å². The highest BCUT2D eigenvalue weighted by molar-refractivity contribution is 5.82. The van der Waals surface area contributed by atoms with Crippen molar-refractivity contribution in [1.29, 1.82) is 5.26 Å². The Bertz CT molecular complexity index is 787. The van der Waals surface area contributed by atoms with Crippen LogP contribution in [0.5, 0.6) is 5.75 Å². The minimum Gasteiger partial charge on any atom is -0.489 e. The van der Waals surface area contributed by atoms with Crippen LogP contribution in [0.2, 0.25) is 0 Å². The molecule has 0 spiro atoms. The molecule has 0 aliphatic carbocycles. The summed E-state index contributed by atoms with van der Waals surface area (Å²) in [6, 6.07) is 23.9. The Labute approximate surface area is 117 Å². The molecule has 0 saturated heterocycles. The van der Waals surface area contributed by atoms with Gasteiger partial charge in [0, 0.05) is 0 Å². The second kappa shape index (κ2) is 5.46. The maximum atomic E-state index is 8.86. The molecule has 2 heteroatoms. The molecule has 3 rings (SSSR count). The molecule has 0 radical (unpaired) electrons. The number of fused-ring (bicyclic) bond motifs is 1. The van der Waals surface area contributed by atoms with Gasteiger partial charge in [0.15, 0.2) is 0 Å². The van der Waals surface area contributed by atoms with Crippen LogP contribution in [0, 0.1) is 11.3 Å². The molecule has 0 N–H and O–H groups in total. The van der Waals surface area contributed by atoms with Crippen molar-refractivity contribution in [2.24, 2.45) is 0 Å². The Kier molecular flexibility index (Phi) is 3.34. The molecule has 3 aromatic carbocycles. The lowest BCUT2D eigenvalue weighted by Crippen LogP contribution is -1.95. The molecular weight excluding hydrogens is 246 g/mol. The van der Waals surface area contributed by atoms with E-state index < -0.39 is 0 Å². The van der Waals surface area contributed by atoms with Gasteiger partial charge in [-0.2, -0.15) is 5.26 Å². The quantitative estimate of drug-likeness (QED) is 0.703. The van der Waals surface area contributed by atoms with Crippen LogP contribution in [0.3, 0.4) is 0 Å². The molecule has 0 aromatic heterocycles. The SMILES string of the molecule is N#Cc1cccc(OCc2ccc3ccccc3c2)c1. The fourth-order valence-corrected chi connectivity index (χ4v) is 2.15. The lowest BCUT2D eigenvalue weighted by molar-refractivity contribution is 0.306. The van der Waals surface area contributed by atoms with Gasteiger partial charge in [0.1, 0.15) is 12.4 Å². The van der Waals surface area contributed by atoms with Gasteiger partial charge < -0.3 is 4.74 Å². The third-order valence-corrected chi connectivity index (χ3v) is 3.18. The first-order valence-corrected chi connectivity index (χ1v) is 6.46. The van der Waals surface area contributed by atoms with Crippen LogP contribution in [-0.2, 0) is 6.61 Å². The van der Waals surface area contributed by atoms with Crippen molar-refractivity contribution in [3.63, 3.8) is 0 Å². The van der Waals surface area contributed by atoms with E-state index in [4.69, 9.17) is 10.00 Å². The highest BCUT2D eigenvalue weighted by Crippen LogP contribution is 2.18. The van der Waals surface area contributed by atoms with Gasteiger partial charge in [0.05, 0.1) is 11.6 Å². The molecule has 0 bridgehead atoms. The predicted molar refractivity (Wildman–Crippen MR) is 79.4 cm³/mol. The predicted octanol–water partition coefficient (Wildman–Crippen LogP) is 4.29. The van der Waals surface area contributed by atoms with Gasteiger partial charge in [0.25, 0.3) is 0 Å². The van der Waals surface area contributed by atoms with Gasteiger partial charge in [-0.1, -0.05) is 42.5 Å². The minimum absolute atomic E-state index is 0.500. The van der Waals surface area contributed by atoms with Crippen molar-refractivity contribution < 1.29 is 4.74 Å². The van der Waals surface area contributed by atoms with Crippen molar-refractivity contribution in [3.8, 4) is 11.8 Å². The molecule has 0 atom stereocenters. The van der Waals surface area contributed by atoms with Crippen LogP contribution in [0.1, 0.15) is 11.1 Å². The van der Waals surface area contributed by atoms with E-state index in [1.54, 1.807) is 12.1 Å². The van der Waals surface area contributed by atoms with Gasteiger partial charge in [-0.25, -0.2) is 0 Å². The van der Waals surface area contributed by atoms with E-state index in [9.17, 15) is 0 Å². The van der Waals surface area contributed by atoms with Crippen molar-refractivity contribution in [3.05, 3.63) is 77.9 Å². The third-order valence-electron chi connectivity index (χ3n) is 3.18. The van der Waals surface area contributed by atoms with Crippen molar-refractivity contribution in [2.45, 2.75) is 6.61 Å². The average Bonchev–Trinajstić information content (AvgIpc) is 2.53. The molecule has 3 aromatic rings. The van der Waals surface area contributed by atoms with E-state index in [0.29, 0.717) is 12.2 Å². The standard InChI is InChI=1S/C18H13NO/c19-12-14-4-3-7-18(11-14)20-13-15-8-9-16-5-1-2-6-17(16)10-15/h1-11H,13H2. The molecule has 96 valence electrons. The highest BCUT2D eigenvalue weighted by atomic mass is 16.5. The number of benzene rings is 3. The van der Waals surface area contributed by atoms with Gasteiger partial charge >= 0.3 is 0 Å². The Morgan fingerprint density at radius 3 is 2.55 bits per heavy atom. The molecule has 0 aliphatic heterocycles. The molecule has 0 fully saturated rings. The topological polar surface area (TPSA) is 33.0 Å². The second-order valence-electron chi connectivity index (χ2n) is 4.61. The first-order chi connectivity index (χ1) is 9.85. The summed E-state index contributed by atoms with van der Waals surface area (Å²) >= 11 is 0. The number of nitrogens with zero attached hydrogens (tertiary/aromatic N) is 1. The first kappa shape index (κ1) is 12.3. The normalized spacial score (nSPS) is 10.2. The summed E-state index contributed by atoms with van der Waals surface area (Å²) in [7, 11) is 0. The smallest absolute Gasteiger partial charge is 0.121 e. The van der Waals surface area contributed by atoms with Gasteiger partial charge in [-0.3, -0.25) is 0 Å². The molecule has 2 nitrogen and oxygen atoms in total. The first-order valence-electron chi connectivity index (χ1n) is 6.46. The van der Waals surface area contributed by atoms with Gasteiger partial charge in [-0.05, 0) is 40.6 Å². The molecule has 0 aliphatic rings. The van der Waals surface area contributed by atoms with E-state index >= 15 is 0 Å². The lowest BCUT2D eigenvalue weighted by Gasteiger charge is -2.07. The second-order valence-corrected chi connectivity index (χ2v) is 4.61. The summed E-state index contributed by atoms with van der Waals surface area (Å²) in [6.07, 6.45) is 0. The molecule has 0 unspecified atom stereocenters. The van der Waals surface area contributed by atoms with Crippen LogP contribution in [-0.4, -0.2) is 0 Å². The number of ether oxygens (including phenoxy) is 1. The van der Waals surface area contributed by atoms with Crippen LogP contribution in [0.25, 0.3) is 10.8 Å². The van der Waals surface area contributed by atoms with E-state index in [0.717, 1.165) is 11.3 Å². The zero-order valence-corrected chi connectivity index (χ0v) is 10.9. The Hall–Kier alpha value is -2.79. The fraction of sp³-hybridized carbons (Fsp3) is 0.0556. The Morgan fingerprint density at radius 1 is 0.850 bits per heavy atom.